The molecule has 0 saturated carbocycles. The summed E-state index contributed by atoms with van der Waals surface area (Å²) >= 11 is 0. The Kier molecular flexibility index (Phi) is 6.59. The van der Waals surface area contributed by atoms with Gasteiger partial charge in [0.05, 0.1) is 6.54 Å². The molecule has 0 atom stereocenters. The molecule has 5 nitrogen and oxygen atoms in total. The zero-order valence-electron chi connectivity index (χ0n) is 19.3. The van der Waals surface area contributed by atoms with E-state index in [2.05, 4.69) is 41.5 Å². The number of nitrogens with one attached hydrogen (secondary N) is 2. The summed E-state index contributed by atoms with van der Waals surface area (Å²) in [5.41, 5.74) is 6.49. The number of rotatable bonds is 6. The smallest absolute Gasteiger partial charge is 0.322 e. The lowest BCUT2D eigenvalue weighted by molar-refractivity contribution is 0.209. The van der Waals surface area contributed by atoms with E-state index in [1.807, 2.05) is 62.4 Å². The van der Waals surface area contributed by atoms with Crippen molar-refractivity contribution < 1.29 is 4.79 Å². The molecule has 5 heteroatoms. The Labute approximate surface area is 194 Å². The lowest BCUT2D eigenvalue weighted by atomic mass is 10.0. The average molecular weight is 440 g/mol. The van der Waals surface area contributed by atoms with Gasteiger partial charge in [0.1, 0.15) is 0 Å². The Bertz CT molecular complexity index is 1340. The molecule has 168 valence electrons. The van der Waals surface area contributed by atoms with Crippen LogP contribution in [0.1, 0.15) is 27.8 Å². The Morgan fingerprint density at radius 3 is 2.45 bits per heavy atom. The topological polar surface area (TPSA) is 65.2 Å². The number of amides is 2. The molecule has 33 heavy (non-hydrogen) atoms. The lowest BCUT2D eigenvalue weighted by Gasteiger charge is -2.23. The van der Waals surface area contributed by atoms with E-state index in [0.717, 1.165) is 33.3 Å². The van der Waals surface area contributed by atoms with Crippen molar-refractivity contribution in [2.45, 2.75) is 33.7 Å². The number of anilines is 1. The van der Waals surface area contributed by atoms with Gasteiger partial charge < -0.3 is 15.2 Å². The first-order chi connectivity index (χ1) is 15.9. The van der Waals surface area contributed by atoms with Gasteiger partial charge in [0, 0.05) is 28.7 Å². The number of hydrogen-bond acceptors (Lipinski definition) is 2. The minimum atomic E-state index is -0.228. The van der Waals surface area contributed by atoms with E-state index >= 15 is 0 Å². The summed E-state index contributed by atoms with van der Waals surface area (Å²) in [4.78, 5) is 30.8. The highest BCUT2D eigenvalue weighted by Gasteiger charge is 2.17. The van der Waals surface area contributed by atoms with Crippen LogP contribution in [0.2, 0.25) is 0 Å². The Morgan fingerprint density at radius 2 is 1.70 bits per heavy atom. The minimum Gasteiger partial charge on any atom is -0.322 e. The van der Waals surface area contributed by atoms with Gasteiger partial charge in [-0.2, -0.15) is 0 Å². The molecule has 1 aromatic heterocycles. The van der Waals surface area contributed by atoms with E-state index in [1.165, 1.54) is 5.56 Å². The second-order valence-electron chi connectivity index (χ2n) is 8.62. The van der Waals surface area contributed by atoms with Gasteiger partial charge in [-0.25, -0.2) is 4.79 Å². The molecule has 0 saturated heterocycles. The SMILES string of the molecule is Cc1cccc(CCN(Cc2cc3c(C)cc(C)cc3[nH]c2=O)C(=O)Nc2ccccc2)c1. The van der Waals surface area contributed by atoms with E-state index in [9.17, 15) is 9.59 Å². The van der Waals surface area contributed by atoms with Crippen LogP contribution in [0, 0.1) is 20.8 Å². The first-order valence-electron chi connectivity index (χ1n) is 11.2. The predicted octanol–water partition coefficient (Wildman–Crippen LogP) is 5.73. The van der Waals surface area contributed by atoms with Crippen LogP contribution >= 0.6 is 0 Å². The highest BCUT2D eigenvalue weighted by atomic mass is 16.2. The number of benzene rings is 3. The van der Waals surface area contributed by atoms with Crippen molar-refractivity contribution in [3.8, 4) is 0 Å². The highest BCUT2D eigenvalue weighted by molar-refractivity contribution is 5.89. The number of pyridine rings is 1. The number of urea groups is 1. The molecule has 0 aliphatic carbocycles. The third kappa shape index (κ3) is 5.50. The molecule has 0 unspecified atom stereocenters. The third-order valence-corrected chi connectivity index (χ3v) is 5.82. The summed E-state index contributed by atoms with van der Waals surface area (Å²) in [7, 11) is 0. The normalized spacial score (nSPS) is 10.9. The van der Waals surface area contributed by atoms with E-state index in [-0.39, 0.29) is 18.1 Å². The molecule has 1 heterocycles. The van der Waals surface area contributed by atoms with Crippen molar-refractivity contribution in [2.24, 2.45) is 0 Å². The number of carbonyl (C=O) groups is 1. The minimum absolute atomic E-state index is 0.166. The van der Waals surface area contributed by atoms with E-state index in [0.29, 0.717) is 18.5 Å². The molecule has 0 aliphatic rings. The second-order valence-corrected chi connectivity index (χ2v) is 8.62. The largest absolute Gasteiger partial charge is 0.322 e. The first-order valence-corrected chi connectivity index (χ1v) is 11.2. The summed E-state index contributed by atoms with van der Waals surface area (Å²) in [6, 6.07) is 23.4. The van der Waals surface area contributed by atoms with E-state index in [1.54, 1.807) is 4.90 Å². The Hall–Kier alpha value is -3.86. The van der Waals surface area contributed by atoms with Crippen LogP contribution in [-0.2, 0) is 13.0 Å². The molecule has 4 rings (SSSR count). The van der Waals surface area contributed by atoms with Gasteiger partial charge in [-0.05, 0) is 68.1 Å². The second kappa shape index (κ2) is 9.74. The molecular weight excluding hydrogens is 410 g/mol. The molecule has 4 aromatic rings. The summed E-state index contributed by atoms with van der Waals surface area (Å²) in [6.07, 6.45) is 0.702. The van der Waals surface area contributed by atoms with Gasteiger partial charge in [0.25, 0.3) is 5.56 Å². The highest BCUT2D eigenvalue weighted by Crippen LogP contribution is 2.19. The fourth-order valence-corrected chi connectivity index (χ4v) is 4.15. The van der Waals surface area contributed by atoms with Crippen molar-refractivity contribution in [1.29, 1.82) is 0 Å². The number of aromatic amines is 1. The van der Waals surface area contributed by atoms with Crippen molar-refractivity contribution in [1.82, 2.24) is 9.88 Å². The van der Waals surface area contributed by atoms with Crippen LogP contribution in [-0.4, -0.2) is 22.5 Å². The average Bonchev–Trinajstić information content (AvgIpc) is 2.77. The quantitative estimate of drug-likeness (QED) is 0.403. The number of nitrogens with zero attached hydrogens (tertiary/aromatic N) is 1. The van der Waals surface area contributed by atoms with Gasteiger partial charge in [-0.3, -0.25) is 4.79 Å². The van der Waals surface area contributed by atoms with Crippen LogP contribution in [0.3, 0.4) is 0 Å². The molecular formula is C28H29N3O2. The summed E-state index contributed by atoms with van der Waals surface area (Å²) in [6.45, 7) is 6.83. The van der Waals surface area contributed by atoms with Crippen molar-refractivity contribution in [2.75, 3.05) is 11.9 Å². The van der Waals surface area contributed by atoms with Gasteiger partial charge >= 0.3 is 6.03 Å². The third-order valence-electron chi connectivity index (χ3n) is 5.82. The fourth-order valence-electron chi connectivity index (χ4n) is 4.15. The van der Waals surface area contributed by atoms with E-state index < -0.39 is 0 Å². The maximum Gasteiger partial charge on any atom is 0.322 e. The zero-order valence-corrected chi connectivity index (χ0v) is 19.3. The van der Waals surface area contributed by atoms with Crippen LogP contribution < -0.4 is 10.9 Å². The number of carbonyl (C=O) groups excluding carboxylic acids is 1. The summed E-state index contributed by atoms with van der Waals surface area (Å²) in [5.74, 6) is 0. The molecule has 0 bridgehead atoms. The van der Waals surface area contributed by atoms with Crippen LogP contribution in [0.25, 0.3) is 10.9 Å². The van der Waals surface area contributed by atoms with E-state index in [4.69, 9.17) is 0 Å². The van der Waals surface area contributed by atoms with Crippen molar-refractivity contribution >= 4 is 22.6 Å². The van der Waals surface area contributed by atoms with Crippen LogP contribution in [0.5, 0.6) is 0 Å². The molecule has 2 N–H and O–H groups in total. The van der Waals surface area contributed by atoms with Crippen molar-refractivity contribution in [3.63, 3.8) is 0 Å². The summed E-state index contributed by atoms with van der Waals surface area (Å²) in [5, 5.41) is 3.96. The molecule has 0 aliphatic heterocycles. The van der Waals surface area contributed by atoms with Gasteiger partial charge in [0.15, 0.2) is 0 Å². The molecule has 2 amide bonds. The standard InChI is InChI=1S/C28H29N3O2/c1-19-8-7-9-22(15-19)12-13-31(28(33)29-24-10-5-4-6-11-24)18-23-17-25-21(3)14-20(2)16-26(25)30-27(23)32/h4-11,14-17H,12-13,18H2,1-3H3,(H,29,33)(H,30,32). The summed E-state index contributed by atoms with van der Waals surface area (Å²) < 4.78 is 0. The number of fused-ring (bicyclic) bond motifs is 1. The molecule has 0 radical (unpaired) electrons. The monoisotopic (exact) mass is 439 g/mol. The Morgan fingerprint density at radius 1 is 0.909 bits per heavy atom. The maximum atomic E-state index is 13.2. The molecule has 3 aromatic carbocycles. The van der Waals surface area contributed by atoms with Crippen LogP contribution in [0.4, 0.5) is 10.5 Å². The number of hydrogen-bond donors (Lipinski definition) is 2. The molecule has 0 spiro atoms. The zero-order chi connectivity index (χ0) is 23.4. The number of aryl methyl sites for hydroxylation is 3. The van der Waals surface area contributed by atoms with Gasteiger partial charge in [0.2, 0.25) is 0 Å². The van der Waals surface area contributed by atoms with Gasteiger partial charge in [-0.1, -0.05) is 54.1 Å². The van der Waals surface area contributed by atoms with Crippen molar-refractivity contribution in [3.05, 3.63) is 111 Å². The predicted molar refractivity (Wildman–Crippen MR) is 135 cm³/mol. The number of aromatic nitrogens is 1. The Balaban J connectivity index is 1.62. The lowest BCUT2D eigenvalue weighted by Crippen LogP contribution is -2.37. The molecule has 0 fully saturated rings. The number of H-pyrrole nitrogens is 1. The fraction of sp³-hybridized carbons (Fsp3) is 0.214. The van der Waals surface area contributed by atoms with Gasteiger partial charge in [-0.15, -0.1) is 0 Å². The number of para-hydroxylation sites is 1. The van der Waals surface area contributed by atoms with Crippen LogP contribution in [0.15, 0.2) is 77.6 Å². The first kappa shape index (κ1) is 22.3. The maximum absolute atomic E-state index is 13.2.